The van der Waals surface area contributed by atoms with Crippen LogP contribution in [0, 0.1) is 0 Å². The first kappa shape index (κ1) is 9.16. The molecule has 0 saturated heterocycles. The number of rotatable bonds is 1. The van der Waals surface area contributed by atoms with Gasteiger partial charge in [0.2, 0.25) is 5.52 Å². The highest BCUT2D eigenvalue weighted by Crippen LogP contribution is 2.20. The lowest BCUT2D eigenvalue weighted by Gasteiger charge is -1.96. The van der Waals surface area contributed by atoms with Crippen molar-refractivity contribution in [3.05, 3.63) is 36.4 Å². The molecule has 2 aromatic rings. The number of halogens is 1. The van der Waals surface area contributed by atoms with E-state index in [4.69, 9.17) is 4.74 Å². The van der Waals surface area contributed by atoms with Crippen molar-refractivity contribution in [3.8, 4) is 5.88 Å². The Labute approximate surface area is 96.6 Å². The number of pyridine rings is 1. The quantitative estimate of drug-likeness (QED) is 0.569. The van der Waals surface area contributed by atoms with Crippen LogP contribution in [0.5, 0.6) is 5.88 Å². The Morgan fingerprint density at radius 3 is 3.00 bits per heavy atom. The van der Waals surface area contributed by atoms with E-state index >= 15 is 0 Å². The second kappa shape index (κ2) is 3.49. The zero-order valence-corrected chi connectivity index (χ0v) is 9.78. The van der Waals surface area contributed by atoms with E-state index in [9.17, 15) is 0 Å². The third-order valence-electron chi connectivity index (χ3n) is 2.74. The lowest BCUT2D eigenvalue weighted by Crippen LogP contribution is -2.33. The van der Waals surface area contributed by atoms with E-state index in [0.717, 1.165) is 17.8 Å². The largest absolute Gasteiger partial charge is 0.433 e. The van der Waals surface area contributed by atoms with Crippen molar-refractivity contribution >= 4 is 26.8 Å². The summed E-state index contributed by atoms with van der Waals surface area (Å²) in [5, 5.41) is 2.14. The van der Waals surface area contributed by atoms with Gasteiger partial charge >= 0.3 is 5.88 Å². The summed E-state index contributed by atoms with van der Waals surface area (Å²) in [4.78, 5) is 0. The number of benzene rings is 1. The van der Waals surface area contributed by atoms with Gasteiger partial charge in [0.15, 0.2) is 12.6 Å². The molecule has 2 heterocycles. The summed E-state index contributed by atoms with van der Waals surface area (Å²) in [6, 6.07) is 12.6. The summed E-state index contributed by atoms with van der Waals surface area (Å²) >= 11 is 3.46. The molecule has 3 heteroatoms. The highest BCUT2D eigenvalue weighted by Gasteiger charge is 2.30. The van der Waals surface area contributed by atoms with Crippen LogP contribution >= 0.6 is 15.9 Å². The third-order valence-corrected chi connectivity index (χ3v) is 3.47. The fraction of sp³-hybridized carbons (Fsp3) is 0.250. The van der Waals surface area contributed by atoms with Gasteiger partial charge in [0.1, 0.15) is 0 Å². The molecule has 0 bridgehead atoms. The first-order valence-corrected chi connectivity index (χ1v) is 6.15. The average Bonchev–Trinajstić information content (AvgIpc) is 2.72. The topological polar surface area (TPSA) is 13.1 Å². The zero-order chi connectivity index (χ0) is 10.3. The second-order valence-corrected chi connectivity index (χ2v) is 4.38. The Hall–Kier alpha value is -1.09. The van der Waals surface area contributed by atoms with Crippen molar-refractivity contribution in [2.24, 2.45) is 0 Å². The summed E-state index contributed by atoms with van der Waals surface area (Å²) in [5.41, 5.74) is 1.25. The van der Waals surface area contributed by atoms with Crippen molar-refractivity contribution in [1.29, 1.82) is 0 Å². The molecule has 15 heavy (non-hydrogen) atoms. The van der Waals surface area contributed by atoms with Crippen LogP contribution in [0.1, 0.15) is 0 Å². The third kappa shape index (κ3) is 1.42. The SMILES string of the molecule is BrCC1C[n+]2c(ccc3ccccc32)O1. The Balaban J connectivity index is 2.20. The normalized spacial score (nSPS) is 18.9. The molecule has 76 valence electrons. The molecule has 0 radical (unpaired) electrons. The Kier molecular flexibility index (Phi) is 2.13. The minimum Gasteiger partial charge on any atom is -0.433 e. The van der Waals surface area contributed by atoms with E-state index in [-0.39, 0.29) is 6.10 Å². The van der Waals surface area contributed by atoms with E-state index in [0.29, 0.717) is 0 Å². The van der Waals surface area contributed by atoms with E-state index in [2.05, 4.69) is 50.8 Å². The highest BCUT2D eigenvalue weighted by atomic mass is 79.9. The predicted octanol–water partition coefficient (Wildman–Crippen LogP) is 2.28. The van der Waals surface area contributed by atoms with Crippen LogP contribution in [0.2, 0.25) is 0 Å². The summed E-state index contributed by atoms with van der Waals surface area (Å²) < 4.78 is 8.02. The average molecular weight is 265 g/mol. The number of hydrogen-bond acceptors (Lipinski definition) is 1. The van der Waals surface area contributed by atoms with E-state index in [1.54, 1.807) is 0 Å². The monoisotopic (exact) mass is 264 g/mol. The number of fused-ring (bicyclic) bond motifs is 3. The maximum Gasteiger partial charge on any atom is 0.368 e. The smallest absolute Gasteiger partial charge is 0.368 e. The van der Waals surface area contributed by atoms with E-state index in [1.807, 2.05) is 6.07 Å². The van der Waals surface area contributed by atoms with Crippen LogP contribution in [0.4, 0.5) is 0 Å². The Morgan fingerprint density at radius 2 is 2.13 bits per heavy atom. The highest BCUT2D eigenvalue weighted by molar-refractivity contribution is 9.09. The lowest BCUT2D eigenvalue weighted by molar-refractivity contribution is -0.655. The molecule has 3 rings (SSSR count). The molecule has 0 saturated carbocycles. The van der Waals surface area contributed by atoms with Crippen LogP contribution in [0.3, 0.4) is 0 Å². The molecule has 0 spiro atoms. The summed E-state index contributed by atoms with van der Waals surface area (Å²) in [6.07, 6.45) is 0.260. The number of alkyl halides is 1. The minimum absolute atomic E-state index is 0.260. The molecule has 1 aliphatic rings. The van der Waals surface area contributed by atoms with Crippen molar-refractivity contribution in [1.82, 2.24) is 0 Å². The van der Waals surface area contributed by atoms with Crippen LogP contribution in [0.25, 0.3) is 10.9 Å². The van der Waals surface area contributed by atoms with Gasteiger partial charge in [0, 0.05) is 16.8 Å². The van der Waals surface area contributed by atoms with E-state index in [1.165, 1.54) is 10.9 Å². The van der Waals surface area contributed by atoms with Crippen LogP contribution < -0.4 is 9.30 Å². The summed E-state index contributed by atoms with van der Waals surface area (Å²) in [7, 11) is 0. The molecule has 1 aliphatic heterocycles. The van der Waals surface area contributed by atoms with Crippen molar-refractivity contribution < 1.29 is 9.30 Å². The standard InChI is InChI=1S/C12H11BrNO/c13-7-10-8-14-11-4-2-1-3-9(11)5-6-12(14)15-10/h1-6,10H,7-8H2/q+1. The molecule has 1 unspecified atom stereocenters. The van der Waals surface area contributed by atoms with Crippen molar-refractivity contribution in [3.63, 3.8) is 0 Å². The van der Waals surface area contributed by atoms with Crippen LogP contribution in [-0.4, -0.2) is 11.4 Å². The van der Waals surface area contributed by atoms with Crippen LogP contribution in [0.15, 0.2) is 36.4 Å². The van der Waals surface area contributed by atoms with Gasteiger partial charge in [-0.1, -0.05) is 28.1 Å². The molecule has 0 amide bonds. The fourth-order valence-electron chi connectivity index (χ4n) is 2.03. The Bertz CT molecular complexity index is 512. The predicted molar refractivity (Wildman–Crippen MR) is 62.4 cm³/mol. The molecule has 0 fully saturated rings. The van der Waals surface area contributed by atoms with Gasteiger partial charge in [-0.3, -0.25) is 0 Å². The van der Waals surface area contributed by atoms with Gasteiger partial charge in [0.25, 0.3) is 0 Å². The Morgan fingerprint density at radius 1 is 1.27 bits per heavy atom. The molecule has 0 N–H and O–H groups in total. The number of aromatic nitrogens is 1. The number of nitrogens with zero attached hydrogens (tertiary/aromatic N) is 1. The molecular weight excluding hydrogens is 254 g/mol. The van der Waals surface area contributed by atoms with E-state index < -0.39 is 0 Å². The number of hydrogen-bond donors (Lipinski definition) is 0. The zero-order valence-electron chi connectivity index (χ0n) is 8.19. The van der Waals surface area contributed by atoms with Gasteiger partial charge in [-0.15, -0.1) is 0 Å². The molecular formula is C12H11BrNO+. The van der Waals surface area contributed by atoms with Crippen molar-refractivity contribution in [2.45, 2.75) is 12.6 Å². The fourth-order valence-corrected chi connectivity index (χ4v) is 2.36. The van der Waals surface area contributed by atoms with Gasteiger partial charge in [-0.25, -0.2) is 0 Å². The van der Waals surface area contributed by atoms with Crippen molar-refractivity contribution in [2.75, 3.05) is 5.33 Å². The summed E-state index contributed by atoms with van der Waals surface area (Å²) in [6.45, 7) is 0.932. The first-order valence-electron chi connectivity index (χ1n) is 5.03. The first-order chi connectivity index (χ1) is 7.38. The molecule has 2 nitrogen and oxygen atoms in total. The number of ether oxygens (including phenoxy) is 1. The van der Waals surface area contributed by atoms with Gasteiger partial charge in [-0.2, -0.15) is 4.57 Å². The summed E-state index contributed by atoms with van der Waals surface area (Å²) in [5.74, 6) is 0.971. The molecule has 0 aliphatic carbocycles. The maximum atomic E-state index is 5.78. The number of para-hydroxylation sites is 1. The molecule has 1 atom stereocenters. The lowest BCUT2D eigenvalue weighted by atomic mass is 10.2. The van der Waals surface area contributed by atoms with Gasteiger partial charge < -0.3 is 4.74 Å². The maximum absolute atomic E-state index is 5.78. The molecule has 1 aromatic heterocycles. The van der Waals surface area contributed by atoms with Gasteiger partial charge in [-0.05, 0) is 12.1 Å². The second-order valence-electron chi connectivity index (χ2n) is 3.74. The van der Waals surface area contributed by atoms with Gasteiger partial charge in [0.05, 0.1) is 6.07 Å². The minimum atomic E-state index is 0.260. The van der Waals surface area contributed by atoms with Crippen LogP contribution in [-0.2, 0) is 6.54 Å². The molecule has 1 aromatic carbocycles.